The number of nitrogens with two attached hydrogens (primary N) is 1. The van der Waals surface area contributed by atoms with Crippen LogP contribution < -0.4 is 27.1 Å². The first-order chi connectivity index (χ1) is 23.1. The van der Waals surface area contributed by atoms with Crippen molar-refractivity contribution >= 4 is 41.5 Å². The van der Waals surface area contributed by atoms with Crippen molar-refractivity contribution < 1.29 is 34.8 Å². The van der Waals surface area contributed by atoms with Gasteiger partial charge in [-0.2, -0.15) is 0 Å². The number of carbonyl (C=O) groups excluding carboxylic acids is 1. The molecule has 5 heterocycles. The number of aliphatic hydroxyl groups is 2. The van der Waals surface area contributed by atoms with Crippen molar-refractivity contribution in [3.8, 4) is 0 Å². The fraction of sp³-hybridized carbons (Fsp3) is 0.378. The smallest absolute Gasteiger partial charge is 0.303 e. The molecule has 2 atom stereocenters. The third-order valence-electron chi connectivity index (χ3n) is 9.60. The van der Waals surface area contributed by atoms with Crippen LogP contribution in [0.3, 0.4) is 0 Å². The number of aromatic nitrogens is 4. The first-order valence-corrected chi connectivity index (χ1v) is 16.5. The molecule has 1 aliphatic heterocycles. The van der Waals surface area contributed by atoms with E-state index in [0.717, 1.165) is 27.8 Å². The molecule has 10 N–H and O–H groups in total. The van der Waals surface area contributed by atoms with Gasteiger partial charge in [-0.3, -0.25) is 14.4 Å². The Balaban J connectivity index is 2.03. The molecule has 260 valence electrons. The summed E-state index contributed by atoms with van der Waals surface area (Å²) < 4.78 is 0. The quantitative estimate of drug-likeness (QED) is 0.113. The lowest BCUT2D eigenvalue weighted by molar-refractivity contribution is -0.138. The molecule has 4 aromatic rings. The van der Waals surface area contributed by atoms with E-state index < -0.39 is 24.1 Å². The number of aliphatic hydroxyl groups excluding tert-OH is 2. The third-order valence-corrected chi connectivity index (χ3v) is 9.60. The van der Waals surface area contributed by atoms with Gasteiger partial charge in [0, 0.05) is 63.5 Å². The van der Waals surface area contributed by atoms with Crippen LogP contribution in [0.25, 0.3) is 23.8 Å². The summed E-state index contributed by atoms with van der Waals surface area (Å²) in [5.41, 5.74) is 14.4. The Labute approximate surface area is 282 Å². The molecule has 0 amide bonds. The number of carboxylic acids is 2. The average Bonchev–Trinajstić information content (AvgIpc) is 3.69. The minimum Gasteiger partial charge on any atom is -0.481 e. The number of nitrogens with one attached hydrogen (secondary N) is 4. The zero-order valence-electron chi connectivity index (χ0n) is 28.7. The molecular formula is C37H45N5O7. The molecular weight excluding hydrogens is 626 g/mol. The number of rotatable bonds is 11. The fourth-order valence-corrected chi connectivity index (χ4v) is 7.12. The summed E-state index contributed by atoms with van der Waals surface area (Å²) in [6, 6.07) is 0. The summed E-state index contributed by atoms with van der Waals surface area (Å²) >= 11 is 0. The van der Waals surface area contributed by atoms with E-state index in [-0.39, 0.29) is 44.4 Å². The number of aromatic amines is 4. The standard InChI is InChI=1S/C37H45N5O7/c1-16-22(7-9-31(46)47)27-15-28-23(8-10-32(48)49)17(2)25(40-28)14-29-33(20(5)43)19(4)36(42-29)35(30(45)11-12-38)37-34(21(6)44)18(3)26(41-37)13-24(16)39-27/h13-15,20-21,39-44H,7-12,38H2,1-6H3,(H,46,47)(H,48,49). The molecule has 0 aromatic carbocycles. The van der Waals surface area contributed by atoms with Crippen LogP contribution in [-0.4, -0.2) is 64.6 Å². The Hall–Kier alpha value is -4.91. The lowest BCUT2D eigenvalue weighted by atomic mass is 9.96. The lowest BCUT2D eigenvalue weighted by Crippen LogP contribution is -2.24. The minimum absolute atomic E-state index is 0.0428. The number of ketones is 1. The van der Waals surface area contributed by atoms with E-state index in [1.165, 1.54) is 0 Å². The molecule has 0 radical (unpaired) electrons. The Morgan fingerprint density at radius 1 is 0.653 bits per heavy atom. The average molecular weight is 672 g/mol. The van der Waals surface area contributed by atoms with Crippen LogP contribution >= 0.6 is 0 Å². The van der Waals surface area contributed by atoms with Gasteiger partial charge in [0.2, 0.25) is 0 Å². The van der Waals surface area contributed by atoms with Crippen LogP contribution in [0.4, 0.5) is 0 Å². The molecule has 0 fully saturated rings. The van der Waals surface area contributed by atoms with Gasteiger partial charge in [0.15, 0.2) is 5.78 Å². The van der Waals surface area contributed by atoms with Crippen molar-refractivity contribution in [1.82, 2.24) is 19.9 Å². The van der Waals surface area contributed by atoms with Crippen molar-refractivity contribution in [1.29, 1.82) is 0 Å². The number of H-pyrrole nitrogens is 4. The summed E-state index contributed by atoms with van der Waals surface area (Å²) in [4.78, 5) is 51.1. The highest BCUT2D eigenvalue weighted by Gasteiger charge is 2.26. The summed E-state index contributed by atoms with van der Waals surface area (Å²) in [6.07, 6.45) is 4.11. The molecule has 0 saturated heterocycles. The molecule has 0 spiro atoms. The second-order valence-corrected chi connectivity index (χ2v) is 12.9. The van der Waals surface area contributed by atoms with E-state index in [0.29, 0.717) is 66.4 Å². The van der Waals surface area contributed by atoms with Crippen LogP contribution in [0, 0.1) is 27.7 Å². The van der Waals surface area contributed by atoms with Gasteiger partial charge in [0.25, 0.3) is 0 Å². The van der Waals surface area contributed by atoms with Crippen molar-refractivity contribution in [2.45, 2.75) is 85.9 Å². The maximum Gasteiger partial charge on any atom is 0.303 e. The topological polar surface area (TPSA) is 221 Å². The summed E-state index contributed by atoms with van der Waals surface area (Å²) in [5.74, 6) is -2.12. The van der Waals surface area contributed by atoms with Crippen molar-refractivity contribution in [3.05, 3.63) is 88.7 Å². The predicted octanol–water partition coefficient (Wildman–Crippen LogP) is 1.29. The summed E-state index contributed by atoms with van der Waals surface area (Å²) in [5, 5.41) is 43.7. The van der Waals surface area contributed by atoms with Crippen LogP contribution in [0.5, 0.6) is 0 Å². The Kier molecular flexibility index (Phi) is 10.0. The Morgan fingerprint density at radius 3 is 1.82 bits per heavy atom. The number of hydrogen-bond acceptors (Lipinski definition) is 6. The van der Waals surface area contributed by atoms with Crippen LogP contribution in [0.1, 0.15) is 113 Å². The lowest BCUT2D eigenvalue weighted by Gasteiger charge is -2.10. The Bertz CT molecular complexity index is 2220. The highest BCUT2D eigenvalue weighted by Crippen LogP contribution is 2.30. The summed E-state index contributed by atoms with van der Waals surface area (Å²) in [7, 11) is 0. The maximum absolute atomic E-state index is 14.0. The van der Waals surface area contributed by atoms with Crippen LogP contribution in [-0.2, 0) is 27.2 Å². The van der Waals surface area contributed by atoms with E-state index in [2.05, 4.69) is 19.9 Å². The minimum atomic E-state index is -0.947. The second-order valence-electron chi connectivity index (χ2n) is 12.9. The van der Waals surface area contributed by atoms with Gasteiger partial charge < -0.3 is 46.1 Å². The molecule has 49 heavy (non-hydrogen) atoms. The van der Waals surface area contributed by atoms with E-state index in [1.807, 2.05) is 45.9 Å². The molecule has 5 rings (SSSR count). The van der Waals surface area contributed by atoms with Crippen molar-refractivity contribution in [2.24, 2.45) is 5.73 Å². The first-order valence-electron chi connectivity index (χ1n) is 16.5. The molecule has 2 unspecified atom stereocenters. The van der Waals surface area contributed by atoms with E-state index in [9.17, 15) is 34.8 Å². The molecule has 0 saturated carbocycles. The van der Waals surface area contributed by atoms with E-state index in [1.54, 1.807) is 13.8 Å². The monoisotopic (exact) mass is 671 g/mol. The van der Waals surface area contributed by atoms with Gasteiger partial charge >= 0.3 is 11.9 Å². The van der Waals surface area contributed by atoms with Crippen LogP contribution in [0.15, 0.2) is 0 Å². The number of carboxylic acid groups (broad SMARTS) is 2. The van der Waals surface area contributed by atoms with Crippen molar-refractivity contribution in [3.63, 3.8) is 0 Å². The molecule has 4 aromatic heterocycles. The third kappa shape index (κ3) is 6.71. The van der Waals surface area contributed by atoms with Gasteiger partial charge in [-0.05, 0) is 113 Å². The number of hydrogen-bond donors (Lipinski definition) is 9. The second kappa shape index (κ2) is 13.9. The largest absolute Gasteiger partial charge is 0.481 e. The number of aliphatic carboxylic acids is 2. The SMILES string of the molecule is Cc1c2[nH]c(c1CCC(=O)O)C=c1[nH]c(c(C)c1CCC(=O)O)=Cc1[nH]c(c(C)c1C(C)O)C(C(=O)CCN)=c1[nH]c(c(C)c1C(C)O)=C2. The molecule has 8 bridgehead atoms. The normalized spacial score (nSPS) is 13.8. The summed E-state index contributed by atoms with van der Waals surface area (Å²) in [6.45, 7) is 10.9. The maximum atomic E-state index is 14.0. The Morgan fingerprint density at radius 2 is 1.22 bits per heavy atom. The van der Waals surface area contributed by atoms with Gasteiger partial charge in [-0.15, -0.1) is 0 Å². The van der Waals surface area contributed by atoms with E-state index in [4.69, 9.17) is 5.73 Å². The fourth-order valence-electron chi connectivity index (χ4n) is 7.12. The van der Waals surface area contributed by atoms with Gasteiger partial charge in [0.1, 0.15) is 0 Å². The first kappa shape index (κ1) is 35.4. The van der Waals surface area contributed by atoms with Gasteiger partial charge in [0.05, 0.1) is 28.8 Å². The van der Waals surface area contributed by atoms with Gasteiger partial charge in [-0.1, -0.05) is 0 Å². The number of Topliss-reactive ketones (excluding diaryl/α,β-unsaturated/α-hetero) is 1. The predicted molar refractivity (Wildman–Crippen MR) is 186 cm³/mol. The van der Waals surface area contributed by atoms with E-state index >= 15 is 0 Å². The molecule has 1 aliphatic rings. The highest BCUT2D eigenvalue weighted by atomic mass is 16.4. The molecule has 12 heteroatoms. The zero-order valence-corrected chi connectivity index (χ0v) is 28.7. The molecule has 12 nitrogen and oxygen atoms in total. The number of carbonyl (C=O) groups is 3. The zero-order chi connectivity index (χ0) is 35.9. The van der Waals surface area contributed by atoms with Crippen LogP contribution in [0.2, 0.25) is 0 Å². The number of fused-ring (bicyclic) bond motifs is 8. The van der Waals surface area contributed by atoms with Gasteiger partial charge in [-0.25, -0.2) is 0 Å². The highest BCUT2D eigenvalue weighted by molar-refractivity contribution is 6.20. The molecule has 0 aliphatic carbocycles. The van der Waals surface area contributed by atoms with Crippen molar-refractivity contribution in [2.75, 3.05) is 6.54 Å².